The van der Waals surface area contributed by atoms with E-state index in [1.807, 2.05) is 18.2 Å². The third kappa shape index (κ3) is 13.3. The molecule has 3 N–H and O–H groups in total. The van der Waals surface area contributed by atoms with Gasteiger partial charge in [-0.25, -0.2) is 4.79 Å². The molecule has 2 atom stereocenters. The number of anilines is 1. The number of rotatable bonds is 17. The van der Waals surface area contributed by atoms with Gasteiger partial charge in [0.15, 0.2) is 12.3 Å². The van der Waals surface area contributed by atoms with Crippen LogP contribution in [0.5, 0.6) is 11.5 Å². The van der Waals surface area contributed by atoms with Crippen LogP contribution in [0.2, 0.25) is 0 Å². The first-order valence-electron chi connectivity index (χ1n) is 26.1. The number of nitrogens with zero attached hydrogens (tertiary/aromatic N) is 4. The fraction of sp³-hybridized carbons (Fsp3) is 0.475. The Labute approximate surface area is 426 Å². The van der Waals surface area contributed by atoms with Crippen LogP contribution < -0.4 is 10.2 Å². The molecule has 0 radical (unpaired) electrons. The number of phenols is 2. The van der Waals surface area contributed by atoms with Crippen molar-refractivity contribution in [2.75, 3.05) is 51.3 Å². The van der Waals surface area contributed by atoms with Gasteiger partial charge in [0.05, 0.1) is 17.2 Å². The second-order valence-electron chi connectivity index (χ2n) is 20.6. The summed E-state index contributed by atoms with van der Waals surface area (Å²) < 4.78 is 14.3. The number of likely N-dealkylation sites (tertiary alicyclic amines) is 1. The Balaban J connectivity index is 0.868. The highest BCUT2D eigenvalue weighted by Crippen LogP contribution is 2.48. The zero-order valence-corrected chi connectivity index (χ0v) is 43.3. The number of unbranched alkanes of at least 4 members (excludes halogenated alkanes) is 3. The van der Waals surface area contributed by atoms with E-state index in [1.54, 1.807) is 17.9 Å². The van der Waals surface area contributed by atoms with Crippen LogP contribution in [0.3, 0.4) is 0 Å². The van der Waals surface area contributed by atoms with Gasteiger partial charge in [-0.2, -0.15) is 4.58 Å². The summed E-state index contributed by atoms with van der Waals surface area (Å²) in [4.78, 5) is 48.8. The number of ether oxygens (including phenoxy) is 2. The van der Waals surface area contributed by atoms with E-state index < -0.39 is 17.8 Å². The van der Waals surface area contributed by atoms with Crippen molar-refractivity contribution in [2.24, 2.45) is 5.16 Å². The van der Waals surface area contributed by atoms with Crippen LogP contribution in [0.1, 0.15) is 132 Å². The lowest BCUT2D eigenvalue weighted by Crippen LogP contribution is -2.37. The molecule has 0 aromatic heterocycles. The summed E-state index contributed by atoms with van der Waals surface area (Å²) in [5.74, 6) is -1.48. The molecule has 0 saturated carbocycles. The average Bonchev–Trinajstić information content (AvgIpc) is 3.68. The van der Waals surface area contributed by atoms with E-state index in [0.29, 0.717) is 63.2 Å². The number of hydrogen-bond donors (Lipinski definition) is 3. The van der Waals surface area contributed by atoms with Crippen molar-refractivity contribution >= 4 is 40.6 Å². The number of carbonyl (C=O) groups excluding carboxylic acids is 3. The summed E-state index contributed by atoms with van der Waals surface area (Å²) in [7, 11) is 2.16. The molecule has 4 aliphatic heterocycles. The first kappa shape index (κ1) is 53.3. The number of amides is 2. The number of esters is 1. The number of allylic oxidation sites excluding steroid dienone is 5. The largest absolute Gasteiger partial charge is 0.508 e. The molecule has 4 heterocycles. The number of aromatic hydroxyl groups is 2. The summed E-state index contributed by atoms with van der Waals surface area (Å²) in [5.41, 5.74) is 8.17. The van der Waals surface area contributed by atoms with Gasteiger partial charge in [0.2, 0.25) is 11.6 Å². The van der Waals surface area contributed by atoms with Gasteiger partial charge in [0.1, 0.15) is 30.2 Å². The number of benzene rings is 3. The third-order valence-electron chi connectivity index (χ3n) is 14.4. The summed E-state index contributed by atoms with van der Waals surface area (Å²) in [6, 6.07) is 19.9. The van der Waals surface area contributed by atoms with E-state index >= 15 is 0 Å². The van der Waals surface area contributed by atoms with Gasteiger partial charge in [0, 0.05) is 92.6 Å². The molecule has 0 unspecified atom stereocenters. The van der Waals surface area contributed by atoms with E-state index in [9.17, 15) is 24.6 Å². The third-order valence-corrected chi connectivity index (χ3v) is 14.4. The lowest BCUT2D eigenvalue weighted by atomic mass is 9.81. The Morgan fingerprint density at radius 1 is 0.917 bits per heavy atom. The van der Waals surface area contributed by atoms with Gasteiger partial charge < -0.3 is 39.6 Å². The number of hydrogen-bond acceptors (Lipinski definition) is 10. The first-order chi connectivity index (χ1) is 34.6. The van der Waals surface area contributed by atoms with Crippen LogP contribution in [0, 0.1) is 0 Å². The fourth-order valence-corrected chi connectivity index (χ4v) is 10.5. The minimum atomic E-state index is -0.734. The van der Waals surface area contributed by atoms with E-state index in [2.05, 4.69) is 121 Å². The van der Waals surface area contributed by atoms with Crippen LogP contribution in [-0.2, 0) is 41.2 Å². The maximum absolute atomic E-state index is 13.3. The molecular weight excluding hydrogens is 907 g/mol. The summed E-state index contributed by atoms with van der Waals surface area (Å²) in [6.45, 7) is 14.0. The van der Waals surface area contributed by atoms with Crippen molar-refractivity contribution in [1.82, 2.24) is 10.2 Å². The molecule has 4 aliphatic rings. The Morgan fingerprint density at radius 2 is 1.67 bits per heavy atom. The molecule has 2 amide bonds. The molecule has 72 heavy (non-hydrogen) atoms. The van der Waals surface area contributed by atoms with Gasteiger partial charge in [-0.3, -0.25) is 9.59 Å². The van der Waals surface area contributed by atoms with E-state index in [0.717, 1.165) is 57.6 Å². The average molecular weight is 983 g/mol. The number of nitrogens with one attached hydrogen (secondary N) is 1. The minimum Gasteiger partial charge on any atom is -0.508 e. The smallest absolute Gasteiger partial charge is 0.342 e. The van der Waals surface area contributed by atoms with Crippen LogP contribution in [0.4, 0.5) is 11.4 Å². The van der Waals surface area contributed by atoms with Crippen molar-refractivity contribution in [3.63, 3.8) is 0 Å². The van der Waals surface area contributed by atoms with E-state index in [1.165, 1.54) is 40.0 Å². The number of para-hydroxylation sites is 2. The number of carbonyl (C=O) groups is 3. The summed E-state index contributed by atoms with van der Waals surface area (Å²) >= 11 is 0. The molecule has 3 aromatic rings. The molecule has 0 aliphatic carbocycles. The van der Waals surface area contributed by atoms with Gasteiger partial charge >= 0.3 is 5.97 Å². The molecule has 384 valence electrons. The minimum absolute atomic E-state index is 0.00665. The van der Waals surface area contributed by atoms with Crippen LogP contribution in [0.25, 0.3) is 0 Å². The second kappa shape index (κ2) is 24.8. The topological polar surface area (TPSA) is 153 Å². The van der Waals surface area contributed by atoms with Gasteiger partial charge in [-0.05, 0) is 101 Å². The molecule has 1 fully saturated rings. The van der Waals surface area contributed by atoms with Crippen molar-refractivity contribution in [3.05, 3.63) is 131 Å². The Morgan fingerprint density at radius 3 is 2.46 bits per heavy atom. The molecule has 0 spiro atoms. The summed E-state index contributed by atoms with van der Waals surface area (Å²) in [6.07, 6.45) is 22.3. The fourth-order valence-electron chi connectivity index (χ4n) is 10.5. The predicted octanol–water partition coefficient (Wildman–Crippen LogP) is 10.3. The SMILES string of the molecule is C[C@@H]1C/C=C/[C@@H](OCCCNC(=O)CCCCCCN2/C(=C\C=C\C3=[N+](C)c4ccccc4C3(C)C)C(C)(C)c3ccccc32)C/C=C/C(=N\OCC(=O)N2CCCCC2)Cc2cc(O)cc(O)c2C(=O)O1. The van der Waals surface area contributed by atoms with Crippen molar-refractivity contribution in [3.8, 4) is 11.5 Å². The van der Waals surface area contributed by atoms with Crippen molar-refractivity contribution in [2.45, 2.75) is 135 Å². The standard InChI is InChI=1S/C59H75N5O8/c1-42-22-18-24-46(25-19-23-44(61-71-41-55(68)63-34-15-9-16-35-63)38-43-39-45(65)40-51(66)56(43)57(69)72-42)70-37-21-33-60-54(67)32-10-7-8-17-36-64-50-29-14-12-27-48(50)59(4,5)53(64)31-20-30-52-58(2,3)47-26-11-13-28-49(47)62(52)6/h11-14,18-20,23-24,26-31,39-40,42,46H,7-10,15-17,21-22,25,32-38,41H2,1-6H3,(H2-,60,65,66,67,69)/p+1/b23-19+,24-18+,61-44+/t42-,46-/m1/s1. The molecule has 3 aromatic carbocycles. The number of cyclic esters (lactones) is 1. The monoisotopic (exact) mass is 983 g/mol. The number of phenolic OH excluding ortho intramolecular Hbond substituents is 2. The molecule has 1 saturated heterocycles. The first-order valence-corrected chi connectivity index (χ1v) is 26.1. The molecule has 13 heteroatoms. The molecule has 13 nitrogen and oxygen atoms in total. The second-order valence-corrected chi connectivity index (χ2v) is 20.6. The highest BCUT2D eigenvalue weighted by molar-refractivity contribution is 6.03. The number of fused-ring (bicyclic) bond motifs is 3. The highest BCUT2D eigenvalue weighted by atomic mass is 16.6. The zero-order chi connectivity index (χ0) is 51.3. The normalized spacial score (nSPS) is 21.8. The van der Waals surface area contributed by atoms with Crippen LogP contribution in [-0.4, -0.2) is 108 Å². The highest BCUT2D eigenvalue weighted by Gasteiger charge is 2.43. The van der Waals surface area contributed by atoms with Crippen molar-refractivity contribution in [1.29, 1.82) is 0 Å². The van der Waals surface area contributed by atoms with E-state index in [4.69, 9.17) is 14.3 Å². The zero-order valence-electron chi connectivity index (χ0n) is 43.3. The lowest BCUT2D eigenvalue weighted by Gasteiger charge is -2.27. The Hall–Kier alpha value is -6.47. The molecule has 7 rings (SSSR count). The lowest BCUT2D eigenvalue weighted by molar-refractivity contribution is -0.401. The predicted molar refractivity (Wildman–Crippen MR) is 284 cm³/mol. The quantitative estimate of drug-likeness (QED) is 0.0394. The number of piperidine rings is 1. The summed E-state index contributed by atoms with van der Waals surface area (Å²) in [5, 5.41) is 28.4. The van der Waals surface area contributed by atoms with Crippen LogP contribution in [0.15, 0.2) is 114 Å². The molecule has 0 bridgehead atoms. The van der Waals surface area contributed by atoms with Crippen LogP contribution >= 0.6 is 0 Å². The maximum atomic E-state index is 13.3. The maximum Gasteiger partial charge on any atom is 0.342 e. The van der Waals surface area contributed by atoms with Gasteiger partial charge in [-0.15, -0.1) is 0 Å². The number of oxime groups is 1. The van der Waals surface area contributed by atoms with Gasteiger partial charge in [0.25, 0.3) is 5.91 Å². The van der Waals surface area contributed by atoms with Crippen molar-refractivity contribution < 1.29 is 43.5 Å². The van der Waals surface area contributed by atoms with E-state index in [-0.39, 0.29) is 53.1 Å². The molecular formula is C59H76N5O8+. The Kier molecular flexibility index (Phi) is 18.4. The Bertz CT molecular complexity index is 2600. The van der Waals surface area contributed by atoms with Gasteiger partial charge in [-0.1, -0.05) is 92.5 Å².